The third-order valence-electron chi connectivity index (χ3n) is 24.7. The van der Waals surface area contributed by atoms with Gasteiger partial charge in [0.15, 0.2) is 48.2 Å². The molecule has 0 saturated carbocycles. The van der Waals surface area contributed by atoms with Gasteiger partial charge in [0.2, 0.25) is 41.3 Å². The zero-order chi connectivity index (χ0) is 102. The van der Waals surface area contributed by atoms with Crippen molar-refractivity contribution in [2.24, 2.45) is 27.6 Å². The summed E-state index contributed by atoms with van der Waals surface area (Å²) in [4.78, 5) is 90.4. The van der Waals surface area contributed by atoms with Gasteiger partial charge in [0.05, 0.1) is 49.9 Å². The number of hydrogen-bond acceptors (Lipinski definition) is 16. The highest BCUT2D eigenvalue weighted by Crippen LogP contribution is 2.46. The molecule has 6 atom stereocenters. The first kappa shape index (κ1) is 119. The van der Waals surface area contributed by atoms with Gasteiger partial charge >= 0.3 is 12.1 Å². The first-order valence-electron chi connectivity index (χ1n) is 47.2. The van der Waals surface area contributed by atoms with Crippen LogP contribution in [-0.2, 0) is 55.9 Å². The first-order valence-corrected chi connectivity index (χ1v) is 54.8. The summed E-state index contributed by atoms with van der Waals surface area (Å²) in [5.41, 5.74) is 12.5. The zero-order valence-electron chi connectivity index (χ0n) is 86.1. The van der Waals surface area contributed by atoms with Crippen LogP contribution in [-0.4, -0.2) is 173 Å². The lowest BCUT2D eigenvalue weighted by Gasteiger charge is -2.46. The number of thioether (sulfide) groups is 6. The van der Waals surface area contributed by atoms with Crippen molar-refractivity contribution >= 4 is 118 Å². The lowest BCUT2D eigenvalue weighted by atomic mass is 9.77. The SMILES string of the molecule is C.C.C.C=C(CN1C(=O)Cc2ccccc2C1C(C)(C)C)N1C(=O)Cc2ccccc2C1SC.C=C(CN1C=CC(C(C)(C)C)C=C1)N1C=CC(SC)C=C1.C=C(CN1C=CC=CC1C(C)(C)C)N1C=CC=CC1SC.C=C(C[n+]1ccc(C(C)(C)C)cc1)[n+]1ccc(SC)cc1.C=C(C[n+]1ccccc1C(C)(C)C)[n+]1ccccc1SC.CSC1NC(=O)N(CCCN2C(=O)NC(C(C)(C)C)C2=O)C1=O. The fraction of sp³-hybridized carbons (Fsp3) is 0.443. The molecule has 141 heavy (non-hydrogen) atoms. The van der Waals surface area contributed by atoms with Crippen LogP contribution in [0, 0.1) is 27.6 Å². The van der Waals surface area contributed by atoms with E-state index < -0.39 is 23.5 Å². The number of carbonyl (C=O) groups is 6. The number of aromatic nitrogens is 4. The van der Waals surface area contributed by atoms with E-state index in [1.54, 1.807) is 46.4 Å². The van der Waals surface area contributed by atoms with Gasteiger partial charge in [-0.25, -0.2) is 9.59 Å². The summed E-state index contributed by atoms with van der Waals surface area (Å²) in [6, 6.07) is 36.4. The molecular weight excluding hydrogens is 1870 g/mol. The molecular formula is C115H164N14O6S6+4. The lowest BCUT2D eigenvalue weighted by Crippen LogP contribution is -2.49. The maximum atomic E-state index is 13.2. The molecule has 4 aromatic heterocycles. The molecule has 0 bridgehead atoms. The van der Waals surface area contributed by atoms with Crippen LogP contribution < -0.4 is 28.9 Å². The molecule has 20 nitrogen and oxygen atoms in total. The number of carbonyl (C=O) groups excluding carboxylic acids is 6. The Kier molecular flexibility index (Phi) is 45.2. The van der Waals surface area contributed by atoms with Gasteiger partial charge in [0.25, 0.3) is 11.8 Å². The third-order valence-corrected chi connectivity index (χ3v) is 29.6. The number of pyridine rings is 4. The summed E-state index contributed by atoms with van der Waals surface area (Å²) in [6.07, 6.45) is 60.6. The molecule has 8 aliphatic heterocycles. The standard InChI is InChI=1S/C26H30N2O2S.C18H26N2S.C18H24N2S.C18H26N2S.C18H24N2S.C14H22N4O4S.3CH4/c1-17(28-23(30)15-19-11-7-9-13-21(19)25(28)31-5)16-27-22(29)14-18-10-6-8-12-20(18)24(27)26(2,3)4;2*1-15(20-12-8-17(21-5)9-13-20)14-19-10-6-16(7-11-19)18(2,3)4;2*1-15(20-13-9-7-11-17(20)21-5)14-19-12-8-6-10-16(19)18(2,3)4;1-14(2,3)8-10(19)17(12(21)15-8)6-5-7-18-11(20)9(23-4)16-13(18)22;;;/h6-13,24-25H,1,14-16H2,2-5H3;6-13,16-17H,1,14H2,2-5H3;6-13H,1,14H2,2-5H3;6-13,16-17H,1,14H2,2-5H3;6-13H,1,14H2,2-5H3;8-9H,5-7H2,1-4H3,(H,15,21)(H,16,22);3*1H4/q;;+2;;+2;;;;. The number of nitrogens with zero attached hydrogens (tertiary/aromatic N) is 12. The number of allylic oxidation sites excluding steroid dienone is 8. The number of urea groups is 2. The van der Waals surface area contributed by atoms with E-state index in [-0.39, 0.29) is 103 Å². The van der Waals surface area contributed by atoms with Gasteiger partial charge in [0, 0.05) is 137 Å². The topological polar surface area (TPSA) is 168 Å². The maximum Gasteiger partial charge on any atom is 0.325 e. The van der Waals surface area contributed by atoms with Gasteiger partial charge in [-0.15, -0.1) is 47.0 Å². The van der Waals surface area contributed by atoms with Gasteiger partial charge in [-0.3, -0.25) is 33.9 Å². The number of amides is 8. The number of rotatable bonds is 25. The summed E-state index contributed by atoms with van der Waals surface area (Å²) < 4.78 is 8.68. The monoisotopic (exact) mass is 2030 g/mol. The molecule has 2 saturated heterocycles. The highest BCUT2D eigenvalue weighted by atomic mass is 32.2. The van der Waals surface area contributed by atoms with Crippen molar-refractivity contribution < 1.29 is 47.0 Å². The summed E-state index contributed by atoms with van der Waals surface area (Å²) in [5, 5.41) is 6.61. The molecule has 2 aromatic carbocycles. The van der Waals surface area contributed by atoms with Crippen LogP contribution in [0.25, 0.3) is 11.4 Å². The van der Waals surface area contributed by atoms with Gasteiger partial charge in [-0.1, -0.05) is 282 Å². The van der Waals surface area contributed by atoms with E-state index in [4.69, 9.17) is 0 Å². The van der Waals surface area contributed by atoms with Gasteiger partial charge in [-0.2, -0.15) is 30.0 Å². The van der Waals surface area contributed by atoms with Crippen molar-refractivity contribution in [3.05, 3.63) is 328 Å². The molecule has 8 amide bonds. The van der Waals surface area contributed by atoms with Crippen LogP contribution in [0.1, 0.15) is 198 Å². The van der Waals surface area contributed by atoms with E-state index in [0.717, 1.165) is 75.5 Å². The van der Waals surface area contributed by atoms with E-state index in [1.807, 2.05) is 97.9 Å². The molecule has 0 aliphatic carbocycles. The van der Waals surface area contributed by atoms with Crippen molar-refractivity contribution in [2.45, 2.75) is 240 Å². The Morgan fingerprint density at radius 2 is 1.03 bits per heavy atom. The molecule has 26 heteroatoms. The highest BCUT2D eigenvalue weighted by molar-refractivity contribution is 8.00. The number of fused-ring (bicyclic) bond motifs is 2. The Labute approximate surface area is 873 Å². The van der Waals surface area contributed by atoms with E-state index >= 15 is 0 Å². The van der Waals surface area contributed by atoms with Crippen LogP contribution >= 0.6 is 70.6 Å². The fourth-order valence-electron chi connectivity index (χ4n) is 17.1. The van der Waals surface area contributed by atoms with Crippen LogP contribution in [0.2, 0.25) is 0 Å². The zero-order valence-corrected chi connectivity index (χ0v) is 91.0. The number of nitrogens with one attached hydrogen (secondary N) is 2. The van der Waals surface area contributed by atoms with Crippen molar-refractivity contribution in [1.29, 1.82) is 0 Å². The molecule has 6 unspecified atom stereocenters. The molecule has 762 valence electrons. The highest BCUT2D eigenvalue weighted by Gasteiger charge is 2.46. The van der Waals surface area contributed by atoms with Crippen LogP contribution in [0.4, 0.5) is 9.59 Å². The van der Waals surface area contributed by atoms with E-state index in [9.17, 15) is 28.8 Å². The minimum atomic E-state index is -0.551. The Balaban J connectivity index is 0.000000260. The molecule has 8 aliphatic rings. The molecule has 0 spiro atoms. The molecule has 2 N–H and O–H groups in total. The van der Waals surface area contributed by atoms with Crippen LogP contribution in [0.5, 0.6) is 0 Å². The summed E-state index contributed by atoms with van der Waals surface area (Å²) >= 11 is 10.0. The summed E-state index contributed by atoms with van der Waals surface area (Å²) in [6.45, 7) is 64.4. The smallest absolute Gasteiger partial charge is 0.325 e. The predicted molar refractivity (Wildman–Crippen MR) is 600 cm³/mol. The lowest BCUT2D eigenvalue weighted by molar-refractivity contribution is -0.724. The van der Waals surface area contributed by atoms with E-state index in [1.165, 1.54) is 38.5 Å². The summed E-state index contributed by atoms with van der Waals surface area (Å²) in [7, 11) is 0. The van der Waals surface area contributed by atoms with Crippen LogP contribution in [0.15, 0.2) is 304 Å². The van der Waals surface area contributed by atoms with Gasteiger partial charge < -0.3 is 35.1 Å². The van der Waals surface area contributed by atoms with Gasteiger partial charge in [0.1, 0.15) is 11.4 Å². The summed E-state index contributed by atoms with van der Waals surface area (Å²) in [5.74, 6) is 0.0821. The second-order valence-electron chi connectivity index (χ2n) is 41.6. The van der Waals surface area contributed by atoms with Crippen molar-refractivity contribution in [3.8, 4) is 0 Å². The molecule has 6 aromatic rings. The van der Waals surface area contributed by atoms with Crippen molar-refractivity contribution in [1.82, 2.24) is 49.8 Å². The second-order valence-corrected chi connectivity index (χ2v) is 47.1. The minimum Gasteiger partial charge on any atom is -0.365 e. The number of benzene rings is 2. The third kappa shape index (κ3) is 32.9. The average Bonchev–Trinajstić information content (AvgIpc) is 1.30. The largest absolute Gasteiger partial charge is 0.365 e. The fourth-order valence-corrected chi connectivity index (χ4v) is 20.8. The normalized spacial score (nSPS) is 18.8. The predicted octanol–water partition coefficient (Wildman–Crippen LogP) is 23.5. The maximum absolute atomic E-state index is 13.2. The molecule has 0 radical (unpaired) electrons. The number of hydrogen-bond donors (Lipinski definition) is 2. The molecule has 2 fully saturated rings. The quantitative estimate of drug-likeness (QED) is 0.0315. The average molecular weight is 2030 g/mol. The molecule has 12 heterocycles. The number of imide groups is 2. The molecule has 14 rings (SSSR count). The van der Waals surface area contributed by atoms with Crippen LogP contribution in [0.3, 0.4) is 0 Å². The van der Waals surface area contributed by atoms with E-state index in [2.05, 4.69) is 412 Å². The minimum absolute atomic E-state index is 0. The van der Waals surface area contributed by atoms with Gasteiger partial charge in [-0.05, 0) is 130 Å². The second kappa shape index (κ2) is 53.4. The van der Waals surface area contributed by atoms with Crippen molar-refractivity contribution in [3.63, 3.8) is 0 Å². The first-order chi connectivity index (χ1) is 65.0. The Morgan fingerprint density at radius 1 is 0.461 bits per heavy atom. The Hall–Kier alpha value is -10.2. The Bertz CT molecular complexity index is 5530. The van der Waals surface area contributed by atoms with Crippen molar-refractivity contribution in [2.75, 3.05) is 70.3 Å². The Morgan fingerprint density at radius 3 is 1.57 bits per heavy atom. The van der Waals surface area contributed by atoms with E-state index in [0.29, 0.717) is 54.1 Å².